The fraction of sp³-hybridized carbons (Fsp3) is 0.188. The second-order valence-corrected chi connectivity index (χ2v) is 9.17. The Morgan fingerprint density at radius 1 is 1.04 bits per heavy atom. The van der Waals surface area contributed by atoms with E-state index in [1.807, 2.05) is 0 Å². The molecule has 2 rings (SSSR count). The molecule has 0 bridgehead atoms. The van der Waals surface area contributed by atoms with E-state index >= 15 is 0 Å². The van der Waals surface area contributed by atoms with Crippen molar-refractivity contribution in [3.05, 3.63) is 57.0 Å². The highest BCUT2D eigenvalue weighted by Crippen LogP contribution is 2.24. The number of halogens is 3. The summed E-state index contributed by atoms with van der Waals surface area (Å²) in [5, 5.41) is 2.75. The standard InChI is InChI=1S/C16H15Br2ClN2O3S/c17-11-2-5-13(6-3-11)20-16(22)14-10-12(18)4-7-15(14)21-25(23,24)9-1-8-19/h2-7,10,21H,1,8-9H2,(H,20,22). The van der Waals surface area contributed by atoms with Gasteiger partial charge in [-0.25, -0.2) is 8.42 Å². The number of sulfonamides is 1. The van der Waals surface area contributed by atoms with Gasteiger partial charge in [0.1, 0.15) is 0 Å². The lowest BCUT2D eigenvalue weighted by atomic mass is 10.1. The molecule has 0 aliphatic rings. The zero-order chi connectivity index (χ0) is 18.4. The zero-order valence-electron chi connectivity index (χ0n) is 12.9. The van der Waals surface area contributed by atoms with Crippen molar-refractivity contribution >= 4 is 70.8 Å². The van der Waals surface area contributed by atoms with Crippen LogP contribution in [-0.4, -0.2) is 26.0 Å². The van der Waals surface area contributed by atoms with Gasteiger partial charge in [0.05, 0.1) is 17.0 Å². The molecule has 0 saturated carbocycles. The minimum atomic E-state index is -3.58. The number of hydrogen-bond donors (Lipinski definition) is 2. The van der Waals surface area contributed by atoms with Gasteiger partial charge in [0.25, 0.3) is 5.91 Å². The van der Waals surface area contributed by atoms with Crippen molar-refractivity contribution in [3.63, 3.8) is 0 Å². The Labute approximate surface area is 168 Å². The van der Waals surface area contributed by atoms with Gasteiger partial charge >= 0.3 is 0 Å². The molecule has 0 heterocycles. The van der Waals surface area contributed by atoms with E-state index in [-0.39, 0.29) is 22.9 Å². The number of carbonyl (C=O) groups is 1. The van der Waals surface area contributed by atoms with Crippen LogP contribution in [0.3, 0.4) is 0 Å². The molecule has 2 aromatic rings. The molecular formula is C16H15Br2ClN2O3S. The van der Waals surface area contributed by atoms with Gasteiger partial charge < -0.3 is 5.32 Å². The minimum Gasteiger partial charge on any atom is -0.322 e. The first kappa shape index (κ1) is 20.2. The van der Waals surface area contributed by atoms with Gasteiger partial charge in [0, 0.05) is 20.5 Å². The van der Waals surface area contributed by atoms with Crippen LogP contribution in [0.25, 0.3) is 0 Å². The number of alkyl halides is 1. The highest BCUT2D eigenvalue weighted by atomic mass is 79.9. The summed E-state index contributed by atoms with van der Waals surface area (Å²) in [5.74, 6) is -0.281. The van der Waals surface area contributed by atoms with Gasteiger partial charge in [-0.1, -0.05) is 31.9 Å². The molecule has 0 aliphatic heterocycles. The summed E-state index contributed by atoms with van der Waals surface area (Å²) >= 11 is 12.2. The summed E-state index contributed by atoms with van der Waals surface area (Å²) in [6.07, 6.45) is 0.327. The Hall–Kier alpha value is -1.09. The van der Waals surface area contributed by atoms with E-state index in [0.717, 1.165) is 4.47 Å². The summed E-state index contributed by atoms with van der Waals surface area (Å²) in [5.41, 5.74) is 1.03. The van der Waals surface area contributed by atoms with Crippen molar-refractivity contribution in [1.82, 2.24) is 0 Å². The monoisotopic (exact) mass is 508 g/mol. The lowest BCUT2D eigenvalue weighted by Gasteiger charge is -2.13. The number of nitrogens with one attached hydrogen (secondary N) is 2. The van der Waals surface area contributed by atoms with Gasteiger partial charge in [-0.15, -0.1) is 11.6 Å². The maximum absolute atomic E-state index is 12.6. The first-order valence-electron chi connectivity index (χ1n) is 7.23. The summed E-state index contributed by atoms with van der Waals surface area (Å²) < 4.78 is 28.2. The molecule has 1 amide bonds. The molecule has 0 radical (unpaired) electrons. The van der Waals surface area contributed by atoms with Gasteiger partial charge in [0.2, 0.25) is 10.0 Å². The molecule has 0 atom stereocenters. The molecule has 25 heavy (non-hydrogen) atoms. The van der Waals surface area contributed by atoms with E-state index in [0.29, 0.717) is 16.6 Å². The third-order valence-corrected chi connectivity index (χ3v) is 5.79. The van der Waals surface area contributed by atoms with Crippen LogP contribution in [0.15, 0.2) is 51.4 Å². The average Bonchev–Trinajstić information content (AvgIpc) is 2.56. The van der Waals surface area contributed by atoms with E-state index in [2.05, 4.69) is 41.9 Å². The van der Waals surface area contributed by atoms with Crippen LogP contribution in [0.5, 0.6) is 0 Å². The third kappa shape index (κ3) is 6.29. The number of carbonyl (C=O) groups excluding carboxylic acids is 1. The summed E-state index contributed by atoms with van der Waals surface area (Å²) in [6, 6.07) is 11.8. The molecule has 5 nitrogen and oxygen atoms in total. The van der Waals surface area contributed by atoms with Crippen molar-refractivity contribution in [3.8, 4) is 0 Å². The van der Waals surface area contributed by atoms with E-state index in [9.17, 15) is 13.2 Å². The number of benzene rings is 2. The molecule has 0 fully saturated rings. The minimum absolute atomic E-state index is 0.111. The quantitative estimate of drug-likeness (QED) is 0.524. The highest BCUT2D eigenvalue weighted by Gasteiger charge is 2.17. The lowest BCUT2D eigenvalue weighted by Crippen LogP contribution is -2.20. The second kappa shape index (κ2) is 9.02. The van der Waals surface area contributed by atoms with Crippen LogP contribution < -0.4 is 10.0 Å². The maximum Gasteiger partial charge on any atom is 0.257 e. The maximum atomic E-state index is 12.6. The van der Waals surface area contributed by atoms with Crippen LogP contribution in [-0.2, 0) is 10.0 Å². The molecule has 134 valence electrons. The topological polar surface area (TPSA) is 75.3 Å². The van der Waals surface area contributed by atoms with Crippen molar-refractivity contribution in [2.24, 2.45) is 0 Å². The molecule has 0 aromatic heterocycles. The number of anilines is 2. The second-order valence-electron chi connectivity index (χ2n) is 5.11. The van der Waals surface area contributed by atoms with Gasteiger partial charge in [0.15, 0.2) is 0 Å². The van der Waals surface area contributed by atoms with E-state index in [4.69, 9.17) is 11.6 Å². The molecule has 9 heteroatoms. The Morgan fingerprint density at radius 2 is 1.68 bits per heavy atom. The van der Waals surface area contributed by atoms with E-state index < -0.39 is 15.9 Å². The predicted octanol–water partition coefficient (Wildman–Crippen LogP) is 4.83. The molecule has 0 aliphatic carbocycles. The average molecular weight is 511 g/mol. The summed E-state index contributed by atoms with van der Waals surface area (Å²) in [6.45, 7) is 0. The van der Waals surface area contributed by atoms with E-state index in [1.165, 1.54) is 0 Å². The van der Waals surface area contributed by atoms with Crippen molar-refractivity contribution in [1.29, 1.82) is 0 Å². The van der Waals surface area contributed by atoms with Crippen molar-refractivity contribution < 1.29 is 13.2 Å². The van der Waals surface area contributed by atoms with Crippen LogP contribution in [0.2, 0.25) is 0 Å². The lowest BCUT2D eigenvalue weighted by molar-refractivity contribution is 0.102. The largest absolute Gasteiger partial charge is 0.322 e. The molecule has 2 aromatic carbocycles. The van der Waals surface area contributed by atoms with Gasteiger partial charge in [-0.2, -0.15) is 0 Å². The van der Waals surface area contributed by atoms with Crippen LogP contribution in [0.4, 0.5) is 11.4 Å². The van der Waals surface area contributed by atoms with Gasteiger partial charge in [-0.3, -0.25) is 9.52 Å². The van der Waals surface area contributed by atoms with Crippen molar-refractivity contribution in [2.75, 3.05) is 21.7 Å². The molecular weight excluding hydrogens is 496 g/mol. The van der Waals surface area contributed by atoms with Crippen LogP contribution in [0.1, 0.15) is 16.8 Å². The fourth-order valence-electron chi connectivity index (χ4n) is 1.99. The number of rotatable bonds is 7. The first-order chi connectivity index (χ1) is 11.8. The molecule has 0 saturated heterocycles. The fourth-order valence-corrected chi connectivity index (χ4v) is 4.05. The van der Waals surface area contributed by atoms with Crippen molar-refractivity contribution in [2.45, 2.75) is 6.42 Å². The number of hydrogen-bond acceptors (Lipinski definition) is 3. The number of amides is 1. The Morgan fingerprint density at radius 3 is 2.32 bits per heavy atom. The molecule has 0 unspecified atom stereocenters. The Bertz CT molecular complexity index is 858. The summed E-state index contributed by atoms with van der Waals surface area (Å²) in [7, 11) is -3.58. The molecule has 0 spiro atoms. The summed E-state index contributed by atoms with van der Waals surface area (Å²) in [4.78, 5) is 12.6. The van der Waals surface area contributed by atoms with Crippen LogP contribution in [0, 0.1) is 0 Å². The normalized spacial score (nSPS) is 11.2. The first-order valence-corrected chi connectivity index (χ1v) is 11.0. The smallest absolute Gasteiger partial charge is 0.257 e. The van der Waals surface area contributed by atoms with E-state index in [1.54, 1.807) is 42.5 Å². The SMILES string of the molecule is O=C(Nc1ccc(Br)cc1)c1cc(Br)ccc1NS(=O)(=O)CCCCl. The molecule has 2 N–H and O–H groups in total. The zero-order valence-corrected chi connectivity index (χ0v) is 17.7. The Balaban J connectivity index is 2.25. The highest BCUT2D eigenvalue weighted by molar-refractivity contribution is 9.10. The predicted molar refractivity (Wildman–Crippen MR) is 109 cm³/mol. The van der Waals surface area contributed by atoms with Crippen LogP contribution >= 0.6 is 43.5 Å². The van der Waals surface area contributed by atoms with Gasteiger partial charge in [-0.05, 0) is 48.9 Å². The Kier molecular flexibility index (Phi) is 7.30. The third-order valence-electron chi connectivity index (χ3n) is 3.14.